The third kappa shape index (κ3) is 3.06. The van der Waals surface area contributed by atoms with E-state index in [9.17, 15) is 13.2 Å². The molecule has 0 saturated carbocycles. The fourth-order valence-corrected chi connectivity index (χ4v) is 1.65. The molecule has 0 heterocycles. The second-order valence-corrected chi connectivity index (χ2v) is 4.27. The zero-order chi connectivity index (χ0) is 11.5. The fourth-order valence-electron chi connectivity index (χ4n) is 0.809. The number of nitrogens with two attached hydrogens (primary N) is 1. The smallest absolute Gasteiger partial charge is 0.282 e. The molecule has 1 radical (unpaired) electrons. The Bertz CT molecular complexity index is 490. The summed E-state index contributed by atoms with van der Waals surface area (Å²) in [6.45, 7) is 0. The molecule has 0 fully saturated rings. The normalized spacial score (nSPS) is 11.7. The molecule has 15 heavy (non-hydrogen) atoms. The van der Waals surface area contributed by atoms with Crippen LogP contribution in [0.5, 0.6) is 0 Å². The maximum atomic E-state index is 11.4. The van der Waals surface area contributed by atoms with E-state index in [1.807, 2.05) is 0 Å². The van der Waals surface area contributed by atoms with Crippen LogP contribution in [0, 0.1) is 0 Å². The third-order valence-electron chi connectivity index (χ3n) is 1.47. The number of carbonyl (C=O) groups excluding carboxylic acids is 1. The molecule has 0 saturated heterocycles. The van der Waals surface area contributed by atoms with Crippen molar-refractivity contribution < 1.29 is 13.2 Å². The summed E-state index contributed by atoms with van der Waals surface area (Å²) in [6.07, 6.45) is 0.532. The molecule has 0 bridgehead atoms. The van der Waals surface area contributed by atoms with E-state index in [0.717, 1.165) is 0 Å². The molecular weight excluding hydrogens is 218 g/mol. The van der Waals surface area contributed by atoms with Crippen molar-refractivity contribution in [1.82, 2.24) is 5.73 Å². The summed E-state index contributed by atoms with van der Waals surface area (Å²) >= 11 is 0. The number of sulfonamides is 1. The van der Waals surface area contributed by atoms with Crippen LogP contribution in [-0.4, -0.2) is 20.5 Å². The second kappa shape index (κ2) is 4.09. The van der Waals surface area contributed by atoms with Gasteiger partial charge in [0, 0.05) is 0 Å². The Morgan fingerprint density at radius 3 is 2.33 bits per heavy atom. The maximum absolute atomic E-state index is 11.4. The van der Waals surface area contributed by atoms with E-state index in [0.29, 0.717) is 6.21 Å². The topological polar surface area (TPSA) is 113 Å². The van der Waals surface area contributed by atoms with Gasteiger partial charge in [-0.3, -0.25) is 4.79 Å². The Balaban J connectivity index is 3.07. The number of carbonyl (C=O) groups is 1. The van der Waals surface area contributed by atoms with Gasteiger partial charge in [-0.25, -0.2) is 0 Å². The Morgan fingerprint density at radius 1 is 1.33 bits per heavy atom. The van der Waals surface area contributed by atoms with E-state index in [1.54, 1.807) is 0 Å². The average Bonchev–Trinajstić information content (AvgIpc) is 2.16. The van der Waals surface area contributed by atoms with E-state index < -0.39 is 15.9 Å². The van der Waals surface area contributed by atoms with Crippen LogP contribution in [0.4, 0.5) is 5.69 Å². The summed E-state index contributed by atoms with van der Waals surface area (Å²) in [5, 5.41) is 0. The molecule has 0 unspecified atom stereocenters. The molecule has 0 atom stereocenters. The lowest BCUT2D eigenvalue weighted by atomic mass is 10.3. The van der Waals surface area contributed by atoms with E-state index in [-0.39, 0.29) is 10.6 Å². The van der Waals surface area contributed by atoms with Crippen LogP contribution in [0.3, 0.4) is 0 Å². The predicted molar refractivity (Wildman–Crippen MR) is 54.1 cm³/mol. The molecule has 1 aromatic rings. The monoisotopic (exact) mass is 226 g/mol. The number of hydrogen-bond donors (Lipinski definition) is 1. The minimum atomic E-state index is -3.89. The highest BCUT2D eigenvalue weighted by Crippen LogP contribution is 2.14. The van der Waals surface area contributed by atoms with Crippen LogP contribution in [0.25, 0.3) is 0 Å². The molecule has 0 aromatic heterocycles. The Hall–Kier alpha value is -1.89. The van der Waals surface area contributed by atoms with E-state index >= 15 is 0 Å². The maximum Gasteiger partial charge on any atom is 0.282 e. The van der Waals surface area contributed by atoms with Gasteiger partial charge in [0.05, 0.1) is 10.6 Å². The predicted octanol–water partition coefficient (Wildman–Crippen LogP) is -0.154. The van der Waals surface area contributed by atoms with Gasteiger partial charge in [0.2, 0.25) is 0 Å². The first-order valence-corrected chi connectivity index (χ1v) is 5.27. The summed E-state index contributed by atoms with van der Waals surface area (Å²) in [7, 11) is -3.89. The van der Waals surface area contributed by atoms with Gasteiger partial charge in [-0.05, 0) is 24.3 Å². The molecule has 0 aliphatic rings. The zero-order valence-corrected chi connectivity index (χ0v) is 8.36. The summed E-state index contributed by atoms with van der Waals surface area (Å²) in [5.41, 5.74) is 12.1. The number of hydrogen-bond acceptors (Lipinski definition) is 3. The molecule has 1 rings (SSSR count). The van der Waals surface area contributed by atoms with Crippen molar-refractivity contribution in [3.8, 4) is 0 Å². The van der Waals surface area contributed by atoms with Crippen molar-refractivity contribution in [1.29, 1.82) is 0 Å². The Morgan fingerprint density at radius 2 is 1.87 bits per heavy atom. The minimum absolute atomic E-state index is 0.0870. The van der Waals surface area contributed by atoms with Crippen molar-refractivity contribution in [2.45, 2.75) is 4.90 Å². The highest BCUT2D eigenvalue weighted by atomic mass is 32.2. The molecule has 0 aliphatic carbocycles. The van der Waals surface area contributed by atoms with Crippen LogP contribution >= 0.6 is 0 Å². The molecule has 0 aliphatic heterocycles. The lowest BCUT2D eigenvalue weighted by molar-refractivity contribution is -0.111. The fraction of sp³-hybridized carbons (Fsp3) is 0. The number of nitrogens with one attached hydrogen (secondary N) is 1. The standard InChI is InChI=1S/C8H8N3O3S/c9-6-1-3-7(4-2-6)15(13,14)11-5-8(10)12/h1-5,9H,(H2,10,12)/b11-5+. The molecule has 1 amide bonds. The van der Waals surface area contributed by atoms with Gasteiger partial charge in [0.25, 0.3) is 15.9 Å². The number of nitrogens with zero attached hydrogens (tertiary/aromatic N) is 1. The van der Waals surface area contributed by atoms with Gasteiger partial charge in [0.15, 0.2) is 0 Å². The van der Waals surface area contributed by atoms with Gasteiger partial charge in [0.1, 0.15) is 6.21 Å². The number of primary amides is 1. The van der Waals surface area contributed by atoms with Crippen molar-refractivity contribution in [3.63, 3.8) is 0 Å². The highest BCUT2D eigenvalue weighted by Gasteiger charge is 2.11. The van der Waals surface area contributed by atoms with Crippen molar-refractivity contribution >= 4 is 27.8 Å². The van der Waals surface area contributed by atoms with Gasteiger partial charge >= 0.3 is 0 Å². The van der Waals surface area contributed by atoms with Crippen molar-refractivity contribution in [3.05, 3.63) is 24.3 Å². The summed E-state index contributed by atoms with van der Waals surface area (Å²) in [4.78, 5) is 10.2. The van der Waals surface area contributed by atoms with Crippen LogP contribution in [0.2, 0.25) is 0 Å². The van der Waals surface area contributed by atoms with E-state index in [2.05, 4.69) is 4.40 Å². The van der Waals surface area contributed by atoms with Crippen LogP contribution in [-0.2, 0) is 14.8 Å². The molecule has 6 nitrogen and oxygen atoms in total. The molecule has 3 N–H and O–H groups in total. The van der Waals surface area contributed by atoms with Gasteiger partial charge in [-0.1, -0.05) is 0 Å². The lowest BCUT2D eigenvalue weighted by Gasteiger charge is -1.97. The molecule has 1 aromatic carbocycles. The Kier molecular flexibility index (Phi) is 3.05. The first-order chi connectivity index (χ1) is 6.92. The van der Waals surface area contributed by atoms with Crippen molar-refractivity contribution in [2.24, 2.45) is 10.1 Å². The van der Waals surface area contributed by atoms with Gasteiger partial charge in [-0.15, -0.1) is 0 Å². The summed E-state index contributed by atoms with van der Waals surface area (Å²) in [5.74, 6) is -0.935. The minimum Gasteiger partial charge on any atom is -0.365 e. The number of rotatable bonds is 3. The second-order valence-electron chi connectivity index (χ2n) is 2.64. The quantitative estimate of drug-likeness (QED) is 0.722. The average molecular weight is 226 g/mol. The first kappa shape index (κ1) is 11.2. The SMILES string of the molecule is [NH]c1ccc(S(=O)(=O)/N=C/C(N)=O)cc1. The molecular formula is C8H8N3O3S. The molecule has 79 valence electrons. The van der Waals surface area contributed by atoms with Gasteiger partial charge in [-0.2, -0.15) is 12.8 Å². The van der Waals surface area contributed by atoms with Crippen LogP contribution < -0.4 is 11.5 Å². The highest BCUT2D eigenvalue weighted by molar-refractivity contribution is 7.90. The molecule has 0 spiro atoms. The summed E-state index contributed by atoms with van der Waals surface area (Å²) in [6, 6.07) is 5.09. The largest absolute Gasteiger partial charge is 0.365 e. The van der Waals surface area contributed by atoms with E-state index in [4.69, 9.17) is 11.5 Å². The Labute approximate surface area is 86.7 Å². The zero-order valence-electron chi connectivity index (χ0n) is 7.54. The molecule has 7 heteroatoms. The van der Waals surface area contributed by atoms with E-state index in [1.165, 1.54) is 24.3 Å². The first-order valence-electron chi connectivity index (χ1n) is 3.83. The van der Waals surface area contributed by atoms with Crippen LogP contribution in [0.15, 0.2) is 33.6 Å². The van der Waals surface area contributed by atoms with Crippen molar-refractivity contribution in [2.75, 3.05) is 0 Å². The number of benzene rings is 1. The van der Waals surface area contributed by atoms with Gasteiger partial charge < -0.3 is 11.5 Å². The number of amides is 1. The lowest BCUT2D eigenvalue weighted by Crippen LogP contribution is -2.13. The third-order valence-corrected chi connectivity index (χ3v) is 2.72. The summed E-state index contributed by atoms with van der Waals surface area (Å²) < 4.78 is 25.8. The van der Waals surface area contributed by atoms with Crippen LogP contribution in [0.1, 0.15) is 0 Å².